The summed E-state index contributed by atoms with van der Waals surface area (Å²) < 4.78 is 76.7. The maximum Gasteiger partial charge on any atom is 0.326 e. The molecule has 1 aliphatic carbocycles. The Balaban J connectivity index is 1.48. The standard InChI is InChI=1S/C39H42N2O7S2/c1-27-17-21-30(22-18-27)48-37-28(19-23-35-38(2,3)31-13-6-8-15-33(31)40(35)25-49(42,43)44)11-10-12-29(37)20-24-36-39(4,5)32-14-7-9-16-34(32)41(36)26-50(45,46)47/h6-9,13-24H,10-12,25-26H2,1-5H3,(H-,42,43,44,45,46,47)/p+1. The largest absolute Gasteiger partial charge is 0.457 e. The Labute approximate surface area is 295 Å². The van der Waals surface area contributed by atoms with Crippen LogP contribution in [0.5, 0.6) is 5.75 Å². The van der Waals surface area contributed by atoms with Gasteiger partial charge < -0.3 is 9.64 Å². The van der Waals surface area contributed by atoms with Crippen LogP contribution >= 0.6 is 0 Å². The lowest BCUT2D eigenvalue weighted by atomic mass is 9.81. The summed E-state index contributed by atoms with van der Waals surface area (Å²) in [5.74, 6) is 0.178. The Hall–Kier alpha value is -4.29. The van der Waals surface area contributed by atoms with Crippen molar-refractivity contribution in [2.45, 2.75) is 64.7 Å². The Morgan fingerprint density at radius 1 is 0.800 bits per heavy atom. The molecule has 0 spiro atoms. The first-order valence-corrected chi connectivity index (χ1v) is 19.8. The van der Waals surface area contributed by atoms with Gasteiger partial charge >= 0.3 is 10.1 Å². The Bertz CT molecular complexity index is 2220. The summed E-state index contributed by atoms with van der Waals surface area (Å²) in [6, 6.07) is 23.0. The van der Waals surface area contributed by atoms with Crippen LogP contribution in [0.3, 0.4) is 0 Å². The third-order valence-corrected chi connectivity index (χ3v) is 11.0. The molecule has 262 valence electrons. The van der Waals surface area contributed by atoms with Crippen LogP contribution in [0.2, 0.25) is 0 Å². The van der Waals surface area contributed by atoms with Gasteiger partial charge in [0.2, 0.25) is 5.69 Å². The Kier molecular flexibility index (Phi) is 9.32. The van der Waals surface area contributed by atoms with Gasteiger partial charge in [-0.3, -0.25) is 9.11 Å². The molecule has 0 saturated heterocycles. The molecule has 11 heteroatoms. The number of nitrogens with zero attached hydrogens (tertiary/aromatic N) is 2. The first kappa shape index (κ1) is 35.5. The van der Waals surface area contributed by atoms with Crippen molar-refractivity contribution in [1.29, 1.82) is 0 Å². The molecule has 0 radical (unpaired) electrons. The first-order chi connectivity index (χ1) is 23.5. The molecule has 0 amide bonds. The number of para-hydroxylation sites is 2. The highest BCUT2D eigenvalue weighted by atomic mass is 32.2. The van der Waals surface area contributed by atoms with Gasteiger partial charge in [-0.25, -0.2) is 0 Å². The highest BCUT2D eigenvalue weighted by molar-refractivity contribution is 7.86. The van der Waals surface area contributed by atoms with Crippen molar-refractivity contribution in [3.8, 4) is 5.75 Å². The van der Waals surface area contributed by atoms with E-state index in [-0.39, 0.29) is 0 Å². The summed E-state index contributed by atoms with van der Waals surface area (Å²) in [6.45, 7) is 10.1. The molecule has 0 atom stereocenters. The molecule has 9 nitrogen and oxygen atoms in total. The van der Waals surface area contributed by atoms with Gasteiger partial charge in [-0.05, 0) is 87.1 Å². The van der Waals surface area contributed by atoms with Gasteiger partial charge in [-0.2, -0.15) is 21.4 Å². The summed E-state index contributed by atoms with van der Waals surface area (Å²) in [5, 5.41) is 0. The van der Waals surface area contributed by atoms with E-state index >= 15 is 0 Å². The van der Waals surface area contributed by atoms with Crippen LogP contribution in [0, 0.1) is 6.92 Å². The van der Waals surface area contributed by atoms with Crippen molar-refractivity contribution >= 4 is 37.3 Å². The van der Waals surface area contributed by atoms with Crippen LogP contribution in [-0.2, 0) is 31.1 Å². The zero-order valence-corrected chi connectivity index (χ0v) is 30.6. The highest BCUT2D eigenvalue weighted by Gasteiger charge is 2.45. The second-order valence-electron chi connectivity index (χ2n) is 14.1. The first-order valence-electron chi connectivity index (χ1n) is 16.5. The van der Waals surface area contributed by atoms with Crippen molar-refractivity contribution < 1.29 is 35.3 Å². The third-order valence-electron chi connectivity index (χ3n) is 9.78. The van der Waals surface area contributed by atoms with Crippen molar-refractivity contribution in [3.05, 3.63) is 136 Å². The maximum absolute atomic E-state index is 12.2. The van der Waals surface area contributed by atoms with Crippen LogP contribution < -0.4 is 9.64 Å². The molecule has 2 N–H and O–H groups in total. The van der Waals surface area contributed by atoms with E-state index in [0.717, 1.165) is 57.0 Å². The molecule has 2 aliphatic heterocycles. The van der Waals surface area contributed by atoms with E-state index in [9.17, 15) is 25.9 Å². The monoisotopic (exact) mass is 715 g/mol. The summed E-state index contributed by atoms with van der Waals surface area (Å²) >= 11 is 0. The van der Waals surface area contributed by atoms with E-state index in [4.69, 9.17) is 4.74 Å². The number of anilines is 1. The molecule has 6 rings (SSSR count). The van der Waals surface area contributed by atoms with Crippen molar-refractivity contribution in [1.82, 2.24) is 0 Å². The van der Waals surface area contributed by atoms with Gasteiger partial charge in [0, 0.05) is 34.5 Å². The average Bonchev–Trinajstić information content (AvgIpc) is 3.37. The molecule has 0 aromatic heterocycles. The Morgan fingerprint density at radius 2 is 1.46 bits per heavy atom. The van der Waals surface area contributed by atoms with Gasteiger partial charge in [0.1, 0.15) is 11.5 Å². The summed E-state index contributed by atoms with van der Waals surface area (Å²) in [4.78, 5) is 1.65. The molecule has 50 heavy (non-hydrogen) atoms. The van der Waals surface area contributed by atoms with E-state index in [0.29, 0.717) is 24.4 Å². The zero-order valence-electron chi connectivity index (χ0n) is 28.9. The SMILES string of the molecule is Cc1ccc(OC2=C(/C=C/C3=[N+](CS(=O)(=O)O)c4ccccc4C3(C)C)CCC/C2=C\C=C2\N(CS(=O)(=O)O)c3ccccc3C2(C)C)cc1. The zero-order chi connectivity index (χ0) is 36.1. The van der Waals surface area contributed by atoms with Crippen LogP contribution in [0.25, 0.3) is 0 Å². The predicted octanol–water partition coefficient (Wildman–Crippen LogP) is 7.74. The van der Waals surface area contributed by atoms with E-state index in [1.54, 1.807) is 9.48 Å². The van der Waals surface area contributed by atoms with Gasteiger partial charge in [0.25, 0.3) is 16.0 Å². The fourth-order valence-corrected chi connectivity index (χ4v) is 8.53. The normalized spacial score (nSPS) is 20.3. The third kappa shape index (κ3) is 7.14. The molecule has 3 aromatic rings. The van der Waals surface area contributed by atoms with Gasteiger partial charge in [0.05, 0.1) is 5.41 Å². The highest BCUT2D eigenvalue weighted by Crippen LogP contribution is 2.48. The number of rotatable bonds is 9. The van der Waals surface area contributed by atoms with Crippen LogP contribution in [0.4, 0.5) is 11.4 Å². The van der Waals surface area contributed by atoms with Gasteiger partial charge in [-0.1, -0.05) is 74.0 Å². The van der Waals surface area contributed by atoms with E-state index in [1.165, 1.54) is 0 Å². The van der Waals surface area contributed by atoms with Crippen molar-refractivity contribution in [2.24, 2.45) is 0 Å². The minimum absolute atomic E-state index is 0.548. The molecule has 0 fully saturated rings. The molecular weight excluding hydrogens is 673 g/mol. The number of benzene rings is 3. The number of hydrogen-bond donors (Lipinski definition) is 2. The van der Waals surface area contributed by atoms with Gasteiger partial charge in [-0.15, -0.1) is 0 Å². The van der Waals surface area contributed by atoms with Crippen LogP contribution in [0.15, 0.2) is 120 Å². The maximum atomic E-state index is 12.2. The van der Waals surface area contributed by atoms with Crippen molar-refractivity contribution in [3.63, 3.8) is 0 Å². The summed E-state index contributed by atoms with van der Waals surface area (Å²) in [5.41, 5.74) is 6.64. The quantitative estimate of drug-likeness (QED) is 0.170. The topological polar surface area (TPSA) is 124 Å². The predicted molar refractivity (Wildman–Crippen MR) is 197 cm³/mol. The van der Waals surface area contributed by atoms with Crippen LogP contribution in [0.1, 0.15) is 63.6 Å². The lowest BCUT2D eigenvalue weighted by molar-refractivity contribution is -0.416. The molecule has 0 unspecified atom stereocenters. The fourth-order valence-electron chi connectivity index (χ4n) is 7.32. The van der Waals surface area contributed by atoms with Crippen molar-refractivity contribution in [2.75, 3.05) is 16.7 Å². The second kappa shape index (κ2) is 13.1. The molecule has 0 saturated carbocycles. The number of fused-ring (bicyclic) bond motifs is 2. The summed E-state index contributed by atoms with van der Waals surface area (Å²) in [7, 11) is -8.68. The van der Waals surface area contributed by atoms with Crippen LogP contribution in [-0.4, -0.2) is 48.0 Å². The Morgan fingerprint density at radius 3 is 2.14 bits per heavy atom. The minimum atomic E-state index is -4.34. The smallest absolute Gasteiger partial charge is 0.326 e. The minimum Gasteiger partial charge on any atom is -0.457 e. The van der Waals surface area contributed by atoms with E-state index in [2.05, 4.69) is 0 Å². The second-order valence-corrected chi connectivity index (χ2v) is 17.0. The van der Waals surface area contributed by atoms with E-state index in [1.807, 2.05) is 132 Å². The number of aryl methyl sites for hydroxylation is 1. The molecule has 3 aliphatic rings. The molecular formula is C39H43N2O7S2+. The average molecular weight is 716 g/mol. The molecule has 0 bridgehead atoms. The lowest BCUT2D eigenvalue weighted by Gasteiger charge is -2.26. The number of ether oxygens (including phenoxy) is 1. The lowest BCUT2D eigenvalue weighted by Crippen LogP contribution is -2.30. The fraction of sp³-hybridized carbons (Fsp3) is 0.308. The van der Waals surface area contributed by atoms with Gasteiger partial charge in [0.15, 0.2) is 11.6 Å². The number of allylic oxidation sites excluding steroid dienone is 7. The summed E-state index contributed by atoms with van der Waals surface area (Å²) in [6.07, 6.45) is 10.0. The molecule has 2 heterocycles. The molecule has 3 aromatic carbocycles. The number of hydrogen-bond acceptors (Lipinski definition) is 6. The van der Waals surface area contributed by atoms with E-state index < -0.39 is 42.8 Å².